The van der Waals surface area contributed by atoms with E-state index in [0.717, 1.165) is 22.6 Å². The summed E-state index contributed by atoms with van der Waals surface area (Å²) in [6, 6.07) is 9.37. The fraction of sp³-hybridized carbons (Fsp3) is 0.357. The number of aromatic nitrogens is 1. The van der Waals surface area contributed by atoms with Crippen molar-refractivity contribution >= 4 is 16.7 Å². The highest BCUT2D eigenvalue weighted by molar-refractivity contribution is 5.81. The van der Waals surface area contributed by atoms with Gasteiger partial charge in [-0.2, -0.15) is 0 Å². The van der Waals surface area contributed by atoms with E-state index in [0.29, 0.717) is 5.54 Å². The molecule has 2 aromatic rings. The van der Waals surface area contributed by atoms with Gasteiger partial charge in [0, 0.05) is 17.0 Å². The molecule has 3 aliphatic carbocycles. The Balaban J connectivity index is 1.70. The van der Waals surface area contributed by atoms with Crippen LogP contribution in [-0.4, -0.2) is 15.6 Å². The summed E-state index contributed by atoms with van der Waals surface area (Å²) in [5.74, 6) is 2.17. The first-order valence-corrected chi connectivity index (χ1v) is 6.10. The van der Waals surface area contributed by atoms with Gasteiger partial charge in [-0.3, -0.25) is 0 Å². The smallest absolute Gasteiger partial charge is 0.127 e. The van der Waals surface area contributed by atoms with Gasteiger partial charge in [-0.15, -0.1) is 0 Å². The van der Waals surface area contributed by atoms with E-state index in [1.807, 2.05) is 12.1 Å². The number of phenols is 1. The molecule has 3 heteroatoms. The van der Waals surface area contributed by atoms with E-state index in [4.69, 9.17) is 0 Å². The third-order valence-electron chi connectivity index (χ3n) is 4.11. The Morgan fingerprint density at radius 2 is 1.94 bits per heavy atom. The lowest BCUT2D eigenvalue weighted by Gasteiger charge is -2.62. The molecule has 0 aliphatic heterocycles. The molecular weight excluding hydrogens is 212 g/mol. The Bertz CT molecular complexity index is 591. The largest absolute Gasteiger partial charge is 0.508 e. The van der Waals surface area contributed by atoms with Crippen LogP contribution in [0.3, 0.4) is 0 Å². The first-order valence-electron chi connectivity index (χ1n) is 6.10. The zero-order valence-corrected chi connectivity index (χ0v) is 9.48. The summed E-state index contributed by atoms with van der Waals surface area (Å²) >= 11 is 0. The van der Waals surface area contributed by atoms with Crippen LogP contribution in [0.5, 0.6) is 5.75 Å². The fourth-order valence-corrected chi connectivity index (χ4v) is 3.08. The molecule has 86 valence electrons. The molecule has 1 heterocycles. The number of pyridine rings is 1. The number of aromatic hydroxyl groups is 1. The van der Waals surface area contributed by atoms with E-state index in [2.05, 4.69) is 16.4 Å². The van der Waals surface area contributed by atoms with E-state index < -0.39 is 0 Å². The maximum atomic E-state index is 9.46. The van der Waals surface area contributed by atoms with Gasteiger partial charge < -0.3 is 10.4 Å². The molecule has 5 rings (SSSR count). The summed E-state index contributed by atoms with van der Waals surface area (Å²) in [7, 11) is 0. The monoisotopic (exact) mass is 226 g/mol. The fourth-order valence-electron chi connectivity index (χ4n) is 3.08. The molecule has 1 aromatic heterocycles. The molecule has 0 unspecified atom stereocenters. The average molecular weight is 226 g/mol. The highest BCUT2D eigenvalue weighted by Crippen LogP contribution is 2.58. The van der Waals surface area contributed by atoms with E-state index in [-0.39, 0.29) is 5.75 Å². The van der Waals surface area contributed by atoms with Gasteiger partial charge in [0.25, 0.3) is 0 Å². The van der Waals surface area contributed by atoms with Gasteiger partial charge >= 0.3 is 0 Å². The van der Waals surface area contributed by atoms with Crippen LogP contribution in [0.15, 0.2) is 30.3 Å². The van der Waals surface area contributed by atoms with Gasteiger partial charge in [0.1, 0.15) is 11.6 Å². The molecule has 0 atom stereocenters. The van der Waals surface area contributed by atoms with Crippen LogP contribution >= 0.6 is 0 Å². The van der Waals surface area contributed by atoms with Crippen molar-refractivity contribution in [3.8, 4) is 5.75 Å². The second kappa shape index (κ2) is 2.92. The molecule has 3 fully saturated rings. The number of hydrogen-bond acceptors (Lipinski definition) is 3. The lowest BCUT2D eigenvalue weighted by Crippen LogP contribution is -2.63. The number of rotatable bonds is 2. The van der Waals surface area contributed by atoms with Crippen molar-refractivity contribution in [3.63, 3.8) is 0 Å². The second-order valence-corrected chi connectivity index (χ2v) is 5.46. The highest BCUT2D eigenvalue weighted by atomic mass is 16.3. The Morgan fingerprint density at radius 1 is 1.18 bits per heavy atom. The maximum absolute atomic E-state index is 9.46. The molecule has 3 saturated carbocycles. The van der Waals surface area contributed by atoms with Crippen LogP contribution in [-0.2, 0) is 0 Å². The summed E-state index contributed by atoms with van der Waals surface area (Å²) in [4.78, 5) is 4.56. The Hall–Kier alpha value is -1.77. The third-order valence-corrected chi connectivity index (χ3v) is 4.11. The molecule has 1 aromatic carbocycles. The summed E-state index contributed by atoms with van der Waals surface area (Å²) in [6.45, 7) is 0. The summed E-state index contributed by atoms with van der Waals surface area (Å²) < 4.78 is 0. The van der Waals surface area contributed by atoms with Gasteiger partial charge in [-0.05, 0) is 49.4 Å². The average Bonchev–Trinajstić information content (AvgIpc) is 2.21. The number of hydrogen-bond donors (Lipinski definition) is 2. The van der Waals surface area contributed by atoms with Crippen molar-refractivity contribution in [2.24, 2.45) is 5.92 Å². The minimum absolute atomic E-state index is 0.271. The van der Waals surface area contributed by atoms with Crippen molar-refractivity contribution in [1.82, 2.24) is 4.98 Å². The first-order chi connectivity index (χ1) is 8.22. The lowest BCUT2D eigenvalue weighted by atomic mass is 9.50. The zero-order chi connectivity index (χ0) is 11.5. The van der Waals surface area contributed by atoms with Crippen molar-refractivity contribution in [1.29, 1.82) is 0 Å². The molecule has 0 saturated heterocycles. The summed E-state index contributed by atoms with van der Waals surface area (Å²) in [5, 5.41) is 14.1. The van der Waals surface area contributed by atoms with Crippen molar-refractivity contribution < 1.29 is 5.11 Å². The molecule has 3 nitrogen and oxygen atoms in total. The van der Waals surface area contributed by atoms with Crippen LogP contribution in [0.2, 0.25) is 0 Å². The normalized spacial score (nSPS) is 29.5. The second-order valence-electron chi connectivity index (χ2n) is 5.46. The predicted octanol–water partition coefficient (Wildman–Crippen LogP) is 2.90. The van der Waals surface area contributed by atoms with E-state index >= 15 is 0 Å². The van der Waals surface area contributed by atoms with Crippen LogP contribution < -0.4 is 5.32 Å². The molecule has 0 radical (unpaired) electrons. The molecule has 0 spiro atoms. The third kappa shape index (κ3) is 1.32. The predicted molar refractivity (Wildman–Crippen MR) is 67.1 cm³/mol. The van der Waals surface area contributed by atoms with Crippen molar-refractivity contribution in [3.05, 3.63) is 30.3 Å². The summed E-state index contributed by atoms with van der Waals surface area (Å²) in [6.07, 6.45) is 3.90. The summed E-state index contributed by atoms with van der Waals surface area (Å²) in [5.41, 5.74) is 1.20. The molecule has 17 heavy (non-hydrogen) atoms. The molecule has 3 aliphatic rings. The van der Waals surface area contributed by atoms with Gasteiger partial charge in [0.05, 0.1) is 5.52 Å². The number of fused-ring (bicyclic) bond motifs is 1. The van der Waals surface area contributed by atoms with Gasteiger partial charge in [0.15, 0.2) is 0 Å². The van der Waals surface area contributed by atoms with E-state index in [9.17, 15) is 5.11 Å². The molecular formula is C14H14N2O. The van der Waals surface area contributed by atoms with Crippen LogP contribution in [0.25, 0.3) is 10.9 Å². The van der Waals surface area contributed by atoms with Gasteiger partial charge in [-0.25, -0.2) is 4.98 Å². The standard InChI is InChI=1S/C14H14N2O/c17-11-3-1-10-2-4-13(15-12(10)5-11)16-14-6-9(7-14)8-14/h1-5,9,17H,6-8H2,(H,15,16). The van der Waals surface area contributed by atoms with Crippen LogP contribution in [0.1, 0.15) is 19.3 Å². The van der Waals surface area contributed by atoms with E-state index in [1.165, 1.54) is 19.3 Å². The molecule has 2 bridgehead atoms. The number of nitrogens with zero attached hydrogens (tertiary/aromatic N) is 1. The minimum atomic E-state index is 0.271. The Labute approximate surface area is 99.5 Å². The Kier molecular flexibility index (Phi) is 1.59. The van der Waals surface area contributed by atoms with Gasteiger partial charge in [-0.1, -0.05) is 0 Å². The van der Waals surface area contributed by atoms with Crippen LogP contribution in [0, 0.1) is 5.92 Å². The number of benzene rings is 1. The molecule has 0 amide bonds. The maximum Gasteiger partial charge on any atom is 0.127 e. The first kappa shape index (κ1) is 9.28. The number of phenolic OH excluding ortho intramolecular Hbond substituents is 1. The quantitative estimate of drug-likeness (QED) is 0.827. The Morgan fingerprint density at radius 3 is 2.65 bits per heavy atom. The molecule has 2 N–H and O–H groups in total. The van der Waals surface area contributed by atoms with Crippen molar-refractivity contribution in [2.75, 3.05) is 5.32 Å². The SMILES string of the molecule is Oc1ccc2ccc(NC34CC(C3)C4)nc2c1. The van der Waals surface area contributed by atoms with Gasteiger partial charge in [0.2, 0.25) is 0 Å². The number of anilines is 1. The number of nitrogens with one attached hydrogen (secondary N) is 1. The highest BCUT2D eigenvalue weighted by Gasteiger charge is 2.56. The van der Waals surface area contributed by atoms with Crippen molar-refractivity contribution in [2.45, 2.75) is 24.8 Å². The lowest BCUT2D eigenvalue weighted by molar-refractivity contribution is 0.00184. The van der Waals surface area contributed by atoms with E-state index in [1.54, 1.807) is 12.1 Å². The minimum Gasteiger partial charge on any atom is -0.508 e. The zero-order valence-electron chi connectivity index (χ0n) is 9.48. The topological polar surface area (TPSA) is 45.1 Å². The van der Waals surface area contributed by atoms with Crippen LogP contribution in [0.4, 0.5) is 5.82 Å².